The molecule has 0 spiro atoms. The Morgan fingerprint density at radius 3 is 2.59 bits per heavy atom. The van der Waals surface area contributed by atoms with Gasteiger partial charge in [-0.15, -0.1) is 0 Å². The van der Waals surface area contributed by atoms with Crippen LogP contribution in [0.15, 0.2) is 24.4 Å². The lowest BCUT2D eigenvalue weighted by Crippen LogP contribution is -2.11. The lowest BCUT2D eigenvalue weighted by atomic mass is 10.1. The first-order chi connectivity index (χ1) is 7.93. The average molecular weight is 247 g/mol. The Kier molecular flexibility index (Phi) is 3.09. The number of aryl methyl sites for hydroxylation is 2. The Labute approximate surface area is 102 Å². The zero-order chi connectivity index (χ0) is 12.6. The van der Waals surface area contributed by atoms with Gasteiger partial charge < -0.3 is 4.57 Å². The van der Waals surface area contributed by atoms with Crippen LogP contribution in [0.4, 0.5) is 0 Å². The summed E-state index contributed by atoms with van der Waals surface area (Å²) in [5, 5.41) is 3.18. The Bertz CT molecular complexity index is 613. The molecule has 2 aromatic rings. The SMILES string of the molecule is CCc1ccc2cc(C)ncc2c1P(C)(C)=O. The summed E-state index contributed by atoms with van der Waals surface area (Å²) in [5.41, 5.74) is 2.17. The number of fused-ring (bicyclic) bond motifs is 1. The van der Waals surface area contributed by atoms with Gasteiger partial charge in [-0.2, -0.15) is 0 Å². The molecule has 0 N–H and O–H groups in total. The lowest BCUT2D eigenvalue weighted by molar-refractivity contribution is 0.588. The maximum absolute atomic E-state index is 12.5. The summed E-state index contributed by atoms with van der Waals surface area (Å²) in [5.74, 6) is 0. The second-order valence-electron chi connectivity index (χ2n) is 4.82. The predicted molar refractivity (Wildman–Crippen MR) is 74.9 cm³/mol. The third-order valence-electron chi connectivity index (χ3n) is 3.02. The standard InChI is InChI=1S/C14H18NOP/c1-5-11-6-7-12-8-10(2)15-9-13(12)14(11)17(3,4)16/h6-9H,5H2,1-4H3. The van der Waals surface area contributed by atoms with E-state index in [1.165, 1.54) is 5.56 Å². The molecule has 0 unspecified atom stereocenters. The molecule has 0 atom stereocenters. The maximum Gasteiger partial charge on any atom is 0.110 e. The second kappa shape index (κ2) is 4.27. The smallest absolute Gasteiger partial charge is 0.110 e. The molecule has 90 valence electrons. The molecule has 17 heavy (non-hydrogen) atoms. The lowest BCUT2D eigenvalue weighted by Gasteiger charge is -2.15. The van der Waals surface area contributed by atoms with E-state index in [4.69, 9.17) is 0 Å². The first kappa shape index (κ1) is 12.3. The molecule has 0 saturated carbocycles. The first-order valence-corrected chi connectivity index (χ1v) is 8.47. The van der Waals surface area contributed by atoms with Crippen molar-refractivity contribution in [1.82, 2.24) is 4.98 Å². The normalized spacial score (nSPS) is 12.0. The van der Waals surface area contributed by atoms with Gasteiger partial charge in [0, 0.05) is 22.6 Å². The van der Waals surface area contributed by atoms with Crippen LogP contribution in [0.2, 0.25) is 0 Å². The highest BCUT2D eigenvalue weighted by molar-refractivity contribution is 7.70. The maximum atomic E-state index is 12.5. The van der Waals surface area contributed by atoms with Crippen LogP contribution in [0.25, 0.3) is 10.8 Å². The van der Waals surface area contributed by atoms with Gasteiger partial charge in [0.05, 0.1) is 0 Å². The number of benzene rings is 1. The van der Waals surface area contributed by atoms with Crippen LogP contribution in [-0.2, 0) is 11.0 Å². The van der Waals surface area contributed by atoms with Gasteiger partial charge in [0.2, 0.25) is 0 Å². The number of rotatable bonds is 2. The summed E-state index contributed by atoms with van der Waals surface area (Å²) < 4.78 is 12.5. The van der Waals surface area contributed by atoms with Crippen LogP contribution in [0, 0.1) is 6.92 Å². The fraction of sp³-hybridized carbons (Fsp3) is 0.357. The minimum absolute atomic E-state index is 0.908. The molecular weight excluding hydrogens is 229 g/mol. The number of hydrogen-bond acceptors (Lipinski definition) is 2. The molecule has 0 aliphatic rings. The number of pyridine rings is 1. The van der Waals surface area contributed by atoms with Crippen molar-refractivity contribution in [2.75, 3.05) is 13.3 Å². The molecule has 0 bridgehead atoms. The quantitative estimate of drug-likeness (QED) is 0.762. The fourth-order valence-electron chi connectivity index (χ4n) is 2.28. The molecule has 1 aromatic heterocycles. The van der Waals surface area contributed by atoms with E-state index in [1.807, 2.05) is 32.5 Å². The number of nitrogens with zero attached hydrogens (tertiary/aromatic N) is 1. The molecule has 1 heterocycles. The van der Waals surface area contributed by atoms with Gasteiger partial charge in [-0.3, -0.25) is 4.98 Å². The van der Waals surface area contributed by atoms with Gasteiger partial charge in [-0.1, -0.05) is 19.1 Å². The molecule has 3 heteroatoms. The molecular formula is C14H18NOP. The highest BCUT2D eigenvalue weighted by Crippen LogP contribution is 2.39. The van der Waals surface area contributed by atoms with Crippen LogP contribution in [0.1, 0.15) is 18.2 Å². The zero-order valence-corrected chi connectivity index (χ0v) is 11.7. The Hall–Kier alpha value is -1.14. The molecule has 0 aliphatic carbocycles. The van der Waals surface area contributed by atoms with Crippen LogP contribution >= 0.6 is 7.14 Å². The molecule has 0 fully saturated rings. The largest absolute Gasteiger partial charge is 0.319 e. The molecule has 0 radical (unpaired) electrons. The third-order valence-corrected chi connectivity index (χ3v) is 4.62. The summed E-state index contributed by atoms with van der Waals surface area (Å²) in [7, 11) is -2.27. The van der Waals surface area contributed by atoms with Gasteiger partial charge in [0.15, 0.2) is 0 Å². The Morgan fingerprint density at radius 1 is 1.29 bits per heavy atom. The number of hydrogen-bond donors (Lipinski definition) is 0. The molecule has 0 amide bonds. The van der Waals surface area contributed by atoms with E-state index in [9.17, 15) is 4.57 Å². The zero-order valence-electron chi connectivity index (χ0n) is 10.8. The molecule has 1 aromatic carbocycles. The molecule has 2 rings (SSSR count). The van der Waals surface area contributed by atoms with Crippen LogP contribution in [0.3, 0.4) is 0 Å². The first-order valence-electron chi connectivity index (χ1n) is 5.87. The van der Waals surface area contributed by atoms with E-state index >= 15 is 0 Å². The van der Waals surface area contributed by atoms with Crippen molar-refractivity contribution in [3.8, 4) is 0 Å². The van der Waals surface area contributed by atoms with Crippen LogP contribution in [-0.4, -0.2) is 18.3 Å². The van der Waals surface area contributed by atoms with Gasteiger partial charge in [-0.05, 0) is 43.7 Å². The minimum Gasteiger partial charge on any atom is -0.319 e. The van der Waals surface area contributed by atoms with Crippen LogP contribution in [0.5, 0.6) is 0 Å². The van der Waals surface area contributed by atoms with Crippen molar-refractivity contribution in [2.24, 2.45) is 0 Å². The summed E-state index contributed by atoms with van der Waals surface area (Å²) in [6.07, 6.45) is 2.77. The average Bonchev–Trinajstić information content (AvgIpc) is 2.25. The van der Waals surface area contributed by atoms with Crippen molar-refractivity contribution in [3.05, 3.63) is 35.7 Å². The Morgan fingerprint density at radius 2 is 2.00 bits per heavy atom. The summed E-state index contributed by atoms with van der Waals surface area (Å²) >= 11 is 0. The molecule has 0 aliphatic heterocycles. The van der Waals surface area contributed by atoms with Crippen molar-refractivity contribution in [3.63, 3.8) is 0 Å². The van der Waals surface area contributed by atoms with Crippen molar-refractivity contribution >= 4 is 23.2 Å². The van der Waals surface area contributed by atoms with E-state index in [0.29, 0.717) is 0 Å². The number of aromatic nitrogens is 1. The highest BCUT2D eigenvalue weighted by Gasteiger charge is 2.18. The van der Waals surface area contributed by atoms with Gasteiger partial charge in [-0.25, -0.2) is 0 Å². The van der Waals surface area contributed by atoms with Crippen molar-refractivity contribution in [1.29, 1.82) is 0 Å². The van der Waals surface area contributed by atoms with E-state index in [2.05, 4.69) is 24.0 Å². The van der Waals surface area contributed by atoms with E-state index in [-0.39, 0.29) is 0 Å². The summed E-state index contributed by atoms with van der Waals surface area (Å²) in [6, 6.07) is 6.24. The van der Waals surface area contributed by atoms with Crippen molar-refractivity contribution < 1.29 is 4.57 Å². The van der Waals surface area contributed by atoms with E-state index in [1.54, 1.807) is 0 Å². The van der Waals surface area contributed by atoms with Gasteiger partial charge in [0.1, 0.15) is 7.14 Å². The van der Waals surface area contributed by atoms with E-state index < -0.39 is 7.14 Å². The monoisotopic (exact) mass is 247 g/mol. The van der Waals surface area contributed by atoms with Crippen molar-refractivity contribution in [2.45, 2.75) is 20.3 Å². The fourth-order valence-corrected chi connectivity index (χ4v) is 3.97. The van der Waals surface area contributed by atoms with E-state index in [0.717, 1.165) is 28.2 Å². The Balaban J connectivity index is 2.89. The summed E-state index contributed by atoms with van der Waals surface area (Å²) in [6.45, 7) is 7.74. The van der Waals surface area contributed by atoms with Crippen LogP contribution < -0.4 is 5.30 Å². The molecule has 2 nitrogen and oxygen atoms in total. The van der Waals surface area contributed by atoms with Gasteiger partial charge >= 0.3 is 0 Å². The van der Waals surface area contributed by atoms with Gasteiger partial charge in [0.25, 0.3) is 0 Å². The minimum atomic E-state index is -2.27. The second-order valence-corrected chi connectivity index (χ2v) is 7.97. The topological polar surface area (TPSA) is 30.0 Å². The summed E-state index contributed by atoms with van der Waals surface area (Å²) in [4.78, 5) is 4.34. The highest BCUT2D eigenvalue weighted by atomic mass is 31.2. The third kappa shape index (κ3) is 2.28. The predicted octanol–water partition coefficient (Wildman–Crippen LogP) is 3.35. The molecule has 0 saturated heterocycles.